The second-order valence-corrected chi connectivity index (χ2v) is 6.09. The fraction of sp³-hybridized carbons (Fsp3) is 1.00. The van der Waals surface area contributed by atoms with Crippen LogP contribution in [0.15, 0.2) is 0 Å². The van der Waals surface area contributed by atoms with Gasteiger partial charge in [0.25, 0.3) is 0 Å². The molecule has 0 aliphatic heterocycles. The zero-order valence-corrected chi connectivity index (χ0v) is 7.46. The van der Waals surface area contributed by atoms with Crippen LogP contribution in [0.1, 0.15) is 13.8 Å². The van der Waals surface area contributed by atoms with Gasteiger partial charge in [0, 0.05) is 0 Å². The molecule has 0 aliphatic rings. The van der Waals surface area contributed by atoms with Crippen molar-refractivity contribution in [2.75, 3.05) is 0 Å². The quantitative estimate of drug-likeness (QED) is 0.621. The van der Waals surface area contributed by atoms with Crippen molar-refractivity contribution in [2.45, 2.75) is 23.3 Å². The minimum Gasteiger partial charge on any atom is -0.226 e. The molecule has 2 unspecified atom stereocenters. The fourth-order valence-corrected chi connectivity index (χ4v) is 1.86. The molecule has 56 valence electrons. The van der Waals surface area contributed by atoms with Gasteiger partial charge in [-0.05, 0) is 13.8 Å². The van der Waals surface area contributed by atoms with Gasteiger partial charge in [0.15, 0.2) is 9.84 Å². The average Bonchev–Trinajstić information content (AvgIpc) is 1.65. The predicted molar refractivity (Wildman–Crippen MR) is 39.5 cm³/mol. The Bertz CT molecular complexity index is 157. The monoisotopic (exact) mass is 190 g/mol. The zero-order valence-electron chi connectivity index (χ0n) is 5.14. The standard InChI is InChI=1S/C4H8Cl2O2S/c1-3(5)9(7,8)4(2)6/h3-4H,1-2H3. The van der Waals surface area contributed by atoms with Crippen molar-refractivity contribution in [3.05, 3.63) is 0 Å². The van der Waals surface area contributed by atoms with Crippen LogP contribution >= 0.6 is 23.2 Å². The summed E-state index contributed by atoms with van der Waals surface area (Å²) in [5.41, 5.74) is 0. The molecule has 2 atom stereocenters. The van der Waals surface area contributed by atoms with E-state index in [2.05, 4.69) is 0 Å². The van der Waals surface area contributed by atoms with Crippen LogP contribution in [0.2, 0.25) is 0 Å². The van der Waals surface area contributed by atoms with Crippen molar-refractivity contribution in [3.8, 4) is 0 Å². The Morgan fingerprint density at radius 3 is 1.33 bits per heavy atom. The summed E-state index contributed by atoms with van der Waals surface area (Å²) in [5, 5.41) is 0. The summed E-state index contributed by atoms with van der Waals surface area (Å²) >= 11 is 10.6. The molecule has 0 aromatic heterocycles. The van der Waals surface area contributed by atoms with Crippen LogP contribution in [-0.4, -0.2) is 17.8 Å². The molecule has 0 N–H and O–H groups in total. The van der Waals surface area contributed by atoms with Crippen LogP contribution in [-0.2, 0) is 9.84 Å². The molecular formula is C4H8Cl2O2S. The summed E-state index contributed by atoms with van der Waals surface area (Å²) < 4.78 is 19.7. The van der Waals surface area contributed by atoms with E-state index in [1.165, 1.54) is 13.8 Å². The summed E-state index contributed by atoms with van der Waals surface area (Å²) in [7, 11) is -3.28. The maximum Gasteiger partial charge on any atom is 0.183 e. The van der Waals surface area contributed by atoms with E-state index in [0.717, 1.165) is 0 Å². The Hall–Kier alpha value is 0.530. The largest absolute Gasteiger partial charge is 0.226 e. The lowest BCUT2D eigenvalue weighted by molar-refractivity contribution is 0.592. The highest BCUT2D eigenvalue weighted by atomic mass is 35.5. The molecular weight excluding hydrogens is 183 g/mol. The minimum absolute atomic E-state index is 0.898. The lowest BCUT2D eigenvalue weighted by Crippen LogP contribution is -2.19. The third-order valence-corrected chi connectivity index (χ3v) is 4.21. The van der Waals surface area contributed by atoms with Crippen LogP contribution in [0.3, 0.4) is 0 Å². The Kier molecular flexibility index (Phi) is 3.26. The molecule has 0 radical (unpaired) electrons. The van der Waals surface area contributed by atoms with Crippen molar-refractivity contribution < 1.29 is 8.42 Å². The van der Waals surface area contributed by atoms with E-state index in [0.29, 0.717) is 0 Å². The fourth-order valence-electron chi connectivity index (χ4n) is 0.258. The van der Waals surface area contributed by atoms with E-state index in [-0.39, 0.29) is 0 Å². The van der Waals surface area contributed by atoms with E-state index >= 15 is 0 Å². The van der Waals surface area contributed by atoms with Gasteiger partial charge in [-0.15, -0.1) is 23.2 Å². The maximum absolute atomic E-state index is 10.8. The molecule has 0 saturated heterocycles. The van der Waals surface area contributed by atoms with Crippen molar-refractivity contribution in [1.82, 2.24) is 0 Å². The van der Waals surface area contributed by atoms with Gasteiger partial charge < -0.3 is 0 Å². The van der Waals surface area contributed by atoms with Gasteiger partial charge in [-0.2, -0.15) is 0 Å². The number of hydrogen-bond acceptors (Lipinski definition) is 2. The minimum atomic E-state index is -3.28. The van der Waals surface area contributed by atoms with Crippen molar-refractivity contribution in [1.29, 1.82) is 0 Å². The molecule has 0 rings (SSSR count). The SMILES string of the molecule is CC(Cl)S(=O)(=O)C(C)Cl. The summed E-state index contributed by atoms with van der Waals surface area (Å²) in [6.45, 7) is 2.77. The number of rotatable bonds is 2. The highest BCUT2D eigenvalue weighted by Gasteiger charge is 2.23. The summed E-state index contributed by atoms with van der Waals surface area (Å²) in [4.78, 5) is 0. The smallest absolute Gasteiger partial charge is 0.183 e. The van der Waals surface area contributed by atoms with Crippen molar-refractivity contribution in [2.24, 2.45) is 0 Å². The van der Waals surface area contributed by atoms with Crippen LogP contribution < -0.4 is 0 Å². The van der Waals surface area contributed by atoms with Crippen LogP contribution in [0.4, 0.5) is 0 Å². The third kappa shape index (κ3) is 2.32. The Morgan fingerprint density at radius 2 is 1.33 bits per heavy atom. The third-order valence-electron chi connectivity index (χ3n) is 0.905. The van der Waals surface area contributed by atoms with E-state index in [9.17, 15) is 8.42 Å². The molecule has 9 heavy (non-hydrogen) atoms. The topological polar surface area (TPSA) is 34.1 Å². The van der Waals surface area contributed by atoms with E-state index in [4.69, 9.17) is 23.2 Å². The van der Waals surface area contributed by atoms with Gasteiger partial charge in [0.05, 0.1) is 0 Å². The first-order valence-electron chi connectivity index (χ1n) is 2.40. The Morgan fingerprint density at radius 1 is 1.11 bits per heavy atom. The molecule has 0 heterocycles. The zero-order chi connectivity index (χ0) is 7.65. The van der Waals surface area contributed by atoms with Crippen LogP contribution in [0.25, 0.3) is 0 Å². The lowest BCUT2D eigenvalue weighted by Gasteiger charge is -2.05. The molecule has 0 fully saturated rings. The number of hydrogen-bond donors (Lipinski definition) is 0. The van der Waals surface area contributed by atoms with Crippen LogP contribution in [0, 0.1) is 0 Å². The lowest BCUT2D eigenvalue weighted by atomic mass is 10.9. The highest BCUT2D eigenvalue weighted by Crippen LogP contribution is 2.14. The molecule has 0 aromatic carbocycles. The molecule has 0 amide bonds. The summed E-state index contributed by atoms with van der Waals surface area (Å²) in [6, 6.07) is 0. The van der Waals surface area contributed by atoms with E-state index < -0.39 is 19.3 Å². The molecule has 2 nitrogen and oxygen atoms in total. The first-order chi connectivity index (χ1) is 3.89. The maximum atomic E-state index is 10.8. The Labute approximate surface area is 65.1 Å². The average molecular weight is 191 g/mol. The number of halogens is 2. The van der Waals surface area contributed by atoms with E-state index in [1.54, 1.807) is 0 Å². The molecule has 5 heteroatoms. The molecule has 0 saturated carbocycles. The second kappa shape index (κ2) is 3.08. The van der Waals surface area contributed by atoms with Gasteiger partial charge >= 0.3 is 0 Å². The number of sulfone groups is 1. The van der Waals surface area contributed by atoms with Gasteiger partial charge in [0.2, 0.25) is 0 Å². The summed E-state index contributed by atoms with van der Waals surface area (Å²) in [6.07, 6.45) is 0. The highest BCUT2D eigenvalue weighted by molar-refractivity contribution is 7.95. The van der Waals surface area contributed by atoms with E-state index in [1.807, 2.05) is 0 Å². The van der Waals surface area contributed by atoms with Gasteiger partial charge in [0.1, 0.15) is 9.42 Å². The normalized spacial score (nSPS) is 19.1. The summed E-state index contributed by atoms with van der Waals surface area (Å²) in [5.74, 6) is 0. The van der Waals surface area contributed by atoms with Crippen molar-refractivity contribution >= 4 is 33.0 Å². The van der Waals surface area contributed by atoms with Gasteiger partial charge in [-0.25, -0.2) is 8.42 Å². The Balaban J connectivity index is 4.42. The van der Waals surface area contributed by atoms with Crippen molar-refractivity contribution in [3.63, 3.8) is 0 Å². The molecule has 0 aliphatic carbocycles. The van der Waals surface area contributed by atoms with Crippen LogP contribution in [0.5, 0.6) is 0 Å². The first kappa shape index (κ1) is 9.53. The molecule has 0 spiro atoms. The molecule has 0 bridgehead atoms. The predicted octanol–water partition coefficient (Wildman–Crippen LogP) is 1.57. The number of alkyl halides is 2. The van der Waals surface area contributed by atoms with Gasteiger partial charge in [-0.3, -0.25) is 0 Å². The second-order valence-electron chi connectivity index (χ2n) is 1.68. The van der Waals surface area contributed by atoms with Gasteiger partial charge in [-0.1, -0.05) is 0 Å². The first-order valence-corrected chi connectivity index (χ1v) is 4.88. The molecule has 0 aromatic rings.